The first-order valence-corrected chi connectivity index (χ1v) is 12.5. The van der Waals surface area contributed by atoms with Crippen molar-refractivity contribution in [2.45, 2.75) is 24.8 Å². The molecular formula is C27H33N5O2. The number of fused-ring (bicyclic) bond motifs is 4. The number of rotatable bonds is 4. The Labute approximate surface area is 200 Å². The van der Waals surface area contributed by atoms with Crippen LogP contribution in [0.5, 0.6) is 0 Å². The molecular weight excluding hydrogens is 426 g/mol. The van der Waals surface area contributed by atoms with Crippen LogP contribution in [0.15, 0.2) is 48.5 Å². The van der Waals surface area contributed by atoms with Crippen LogP contribution >= 0.6 is 0 Å². The summed E-state index contributed by atoms with van der Waals surface area (Å²) in [7, 11) is 2.08. The number of morpholine rings is 1. The molecule has 7 heteroatoms. The Kier molecular flexibility index (Phi) is 5.75. The van der Waals surface area contributed by atoms with Gasteiger partial charge in [-0.2, -0.15) is 5.10 Å². The largest absolute Gasteiger partial charge is 0.378 e. The molecule has 3 aromatic rings. The first-order valence-electron chi connectivity index (χ1n) is 12.5. The maximum atomic E-state index is 12.5. The number of carbonyl (C=O) groups excluding carboxylic acids is 1. The van der Waals surface area contributed by atoms with Gasteiger partial charge in [0.05, 0.1) is 18.9 Å². The molecule has 0 radical (unpaired) electrons. The number of amides is 2. The highest BCUT2D eigenvalue weighted by Gasteiger charge is 2.42. The second-order valence-electron chi connectivity index (χ2n) is 9.97. The van der Waals surface area contributed by atoms with Crippen molar-refractivity contribution in [1.82, 2.24) is 24.9 Å². The van der Waals surface area contributed by atoms with E-state index in [9.17, 15) is 4.79 Å². The topological polar surface area (TPSA) is 62.6 Å². The van der Waals surface area contributed by atoms with Crippen molar-refractivity contribution in [1.29, 1.82) is 0 Å². The first-order chi connectivity index (χ1) is 16.7. The summed E-state index contributed by atoms with van der Waals surface area (Å²) in [5.74, 6) is 1.13. The van der Waals surface area contributed by atoms with E-state index in [0.717, 1.165) is 31.7 Å². The summed E-state index contributed by atoms with van der Waals surface area (Å²) in [5, 5.41) is 10.6. The Balaban J connectivity index is 1.14. The molecule has 4 aliphatic rings. The Bertz CT molecular complexity index is 1180. The Morgan fingerprint density at radius 1 is 1.09 bits per heavy atom. The third-order valence-corrected chi connectivity index (χ3v) is 8.01. The number of carbonyl (C=O) groups is 1. The third-order valence-electron chi connectivity index (χ3n) is 8.01. The normalized spacial score (nSPS) is 26.7. The van der Waals surface area contributed by atoms with Crippen LogP contribution in [0, 0.1) is 5.92 Å². The van der Waals surface area contributed by atoms with Gasteiger partial charge in [-0.15, -0.1) is 0 Å². The lowest BCUT2D eigenvalue weighted by molar-refractivity contribution is 0.0265. The van der Waals surface area contributed by atoms with Gasteiger partial charge in [0.1, 0.15) is 0 Å². The molecule has 0 spiro atoms. The second kappa shape index (κ2) is 9.04. The van der Waals surface area contributed by atoms with Gasteiger partial charge in [0.2, 0.25) is 0 Å². The van der Waals surface area contributed by atoms with Crippen LogP contribution in [0.2, 0.25) is 0 Å². The van der Waals surface area contributed by atoms with E-state index in [0.29, 0.717) is 44.2 Å². The highest BCUT2D eigenvalue weighted by Crippen LogP contribution is 2.42. The molecule has 0 aliphatic carbocycles. The van der Waals surface area contributed by atoms with E-state index >= 15 is 0 Å². The quantitative estimate of drug-likeness (QED) is 0.649. The van der Waals surface area contributed by atoms with Crippen LogP contribution in [0.25, 0.3) is 22.0 Å². The fourth-order valence-electron chi connectivity index (χ4n) is 6.09. The van der Waals surface area contributed by atoms with Crippen molar-refractivity contribution < 1.29 is 9.53 Å². The minimum atomic E-state index is 0.0501. The molecule has 4 atom stereocenters. The summed E-state index contributed by atoms with van der Waals surface area (Å²) in [6.45, 7) is 5.54. The van der Waals surface area contributed by atoms with E-state index < -0.39 is 0 Å². The number of nitrogens with zero attached hydrogens (tertiary/aromatic N) is 4. The van der Waals surface area contributed by atoms with E-state index in [1.165, 1.54) is 28.5 Å². The molecule has 34 heavy (non-hydrogen) atoms. The van der Waals surface area contributed by atoms with Crippen molar-refractivity contribution in [3.05, 3.63) is 54.2 Å². The lowest BCUT2D eigenvalue weighted by Crippen LogP contribution is -2.57. The molecule has 7 nitrogen and oxygen atoms in total. The molecule has 1 unspecified atom stereocenters. The summed E-state index contributed by atoms with van der Waals surface area (Å²) in [6, 6.07) is 17.9. The summed E-state index contributed by atoms with van der Waals surface area (Å²) >= 11 is 0. The minimum Gasteiger partial charge on any atom is -0.378 e. The van der Waals surface area contributed by atoms with Gasteiger partial charge < -0.3 is 15.0 Å². The van der Waals surface area contributed by atoms with Crippen LogP contribution in [0.4, 0.5) is 4.79 Å². The van der Waals surface area contributed by atoms with Gasteiger partial charge in [0, 0.05) is 56.4 Å². The van der Waals surface area contributed by atoms with Crippen LogP contribution in [0.1, 0.15) is 24.5 Å². The number of hydrogen-bond donors (Lipinski definition) is 1. The van der Waals surface area contributed by atoms with Crippen molar-refractivity contribution >= 4 is 16.8 Å². The molecule has 2 aromatic carbocycles. The maximum Gasteiger partial charge on any atom is 0.317 e. The maximum absolute atomic E-state index is 12.5. The number of nitrogens with one attached hydrogen (secondary N) is 1. The standard InChI is InChI=1S/C27H33N5O2/c1-30-26(16-25(29-30)22-7-6-19-4-2-3-5-20(19)14-22)24-18-32-9-8-21(24)15-23(32)17-28-27(33)31-10-12-34-13-11-31/h2-7,14,16,21,23-24H,8-13,15,17-18H2,1H3,(H,28,33)/t21-,23+,24+/m0/s1. The molecule has 4 fully saturated rings. The first kappa shape index (κ1) is 21.6. The lowest BCUT2D eigenvalue weighted by Gasteiger charge is -2.50. The zero-order chi connectivity index (χ0) is 23.1. The zero-order valence-corrected chi connectivity index (χ0v) is 19.8. The fraction of sp³-hybridized carbons (Fsp3) is 0.481. The van der Waals surface area contributed by atoms with E-state index in [2.05, 4.69) is 70.5 Å². The molecule has 1 N–H and O–H groups in total. The highest BCUT2D eigenvalue weighted by atomic mass is 16.5. The molecule has 2 bridgehead atoms. The highest BCUT2D eigenvalue weighted by molar-refractivity contribution is 5.86. The lowest BCUT2D eigenvalue weighted by atomic mass is 9.74. The molecule has 2 amide bonds. The average molecular weight is 460 g/mol. The Hall–Kier alpha value is -2.90. The van der Waals surface area contributed by atoms with Crippen LogP contribution in [-0.4, -0.2) is 77.6 Å². The molecule has 178 valence electrons. The van der Waals surface area contributed by atoms with E-state index in [4.69, 9.17) is 9.84 Å². The van der Waals surface area contributed by atoms with Crippen molar-refractivity contribution in [3.63, 3.8) is 0 Å². The van der Waals surface area contributed by atoms with Gasteiger partial charge in [-0.25, -0.2) is 4.79 Å². The van der Waals surface area contributed by atoms with E-state index in [1.807, 2.05) is 4.90 Å². The van der Waals surface area contributed by atoms with Gasteiger partial charge in [0.15, 0.2) is 0 Å². The van der Waals surface area contributed by atoms with E-state index in [1.54, 1.807) is 0 Å². The molecule has 0 saturated carbocycles. The third kappa shape index (κ3) is 4.07. The number of urea groups is 1. The molecule has 4 saturated heterocycles. The Morgan fingerprint density at radius 2 is 1.91 bits per heavy atom. The smallest absolute Gasteiger partial charge is 0.317 e. The molecule has 5 heterocycles. The monoisotopic (exact) mass is 459 g/mol. The molecule has 4 aliphatic heterocycles. The van der Waals surface area contributed by atoms with Crippen LogP contribution in [-0.2, 0) is 11.8 Å². The fourth-order valence-corrected chi connectivity index (χ4v) is 6.09. The number of ether oxygens (including phenoxy) is 1. The van der Waals surface area contributed by atoms with Crippen LogP contribution in [0.3, 0.4) is 0 Å². The SMILES string of the molecule is Cn1nc(-c2ccc3ccccc3c2)cc1[C@@H]1CN2CC[C@H]1C[C@@H]2CNC(=O)N1CCOCC1. The summed E-state index contributed by atoms with van der Waals surface area (Å²) in [5.41, 5.74) is 3.55. The molecule has 1 aromatic heterocycles. The summed E-state index contributed by atoms with van der Waals surface area (Å²) < 4.78 is 7.45. The predicted octanol–water partition coefficient (Wildman–Crippen LogP) is 3.46. The number of benzene rings is 2. The summed E-state index contributed by atoms with van der Waals surface area (Å²) in [4.78, 5) is 17.0. The van der Waals surface area contributed by atoms with Gasteiger partial charge in [-0.05, 0) is 48.2 Å². The van der Waals surface area contributed by atoms with Gasteiger partial charge >= 0.3 is 6.03 Å². The van der Waals surface area contributed by atoms with Crippen molar-refractivity contribution in [3.8, 4) is 11.3 Å². The number of aromatic nitrogens is 2. The molecule has 7 rings (SSSR count). The van der Waals surface area contributed by atoms with E-state index in [-0.39, 0.29) is 6.03 Å². The van der Waals surface area contributed by atoms with Gasteiger partial charge in [-0.3, -0.25) is 9.58 Å². The zero-order valence-electron chi connectivity index (χ0n) is 19.8. The minimum absolute atomic E-state index is 0.0501. The average Bonchev–Trinajstić information content (AvgIpc) is 3.29. The van der Waals surface area contributed by atoms with Crippen LogP contribution < -0.4 is 5.32 Å². The number of aryl methyl sites for hydroxylation is 1. The predicted molar refractivity (Wildman–Crippen MR) is 133 cm³/mol. The van der Waals surface area contributed by atoms with Crippen molar-refractivity contribution in [2.75, 3.05) is 45.9 Å². The van der Waals surface area contributed by atoms with Gasteiger partial charge in [-0.1, -0.05) is 36.4 Å². The Morgan fingerprint density at radius 3 is 2.71 bits per heavy atom. The second-order valence-corrected chi connectivity index (χ2v) is 9.97. The van der Waals surface area contributed by atoms with Gasteiger partial charge in [0.25, 0.3) is 0 Å². The summed E-state index contributed by atoms with van der Waals surface area (Å²) in [6.07, 6.45) is 2.35. The van der Waals surface area contributed by atoms with Crippen molar-refractivity contribution in [2.24, 2.45) is 13.0 Å². The number of hydrogen-bond acceptors (Lipinski definition) is 4. The number of piperidine rings is 3.